The quantitative estimate of drug-likeness (QED) is 0.863. The van der Waals surface area contributed by atoms with Crippen LogP contribution in [0.1, 0.15) is 16.8 Å². The van der Waals surface area contributed by atoms with Gasteiger partial charge in [0.15, 0.2) is 16.3 Å². The molecule has 4 rings (SSSR count). The third-order valence-electron chi connectivity index (χ3n) is 3.93. The van der Waals surface area contributed by atoms with Crippen molar-refractivity contribution in [3.8, 4) is 11.5 Å². The molecule has 3 heterocycles. The maximum absolute atomic E-state index is 5.58. The van der Waals surface area contributed by atoms with Crippen LogP contribution in [0.5, 0.6) is 11.5 Å². The lowest BCUT2D eigenvalue weighted by Crippen LogP contribution is -2.31. The van der Waals surface area contributed by atoms with E-state index in [9.17, 15) is 0 Å². The van der Waals surface area contributed by atoms with E-state index in [1.807, 2.05) is 18.3 Å². The van der Waals surface area contributed by atoms with E-state index in [4.69, 9.17) is 21.7 Å². The van der Waals surface area contributed by atoms with Gasteiger partial charge in [-0.25, -0.2) is 4.98 Å². The second-order valence-electron chi connectivity index (χ2n) is 5.30. The van der Waals surface area contributed by atoms with Gasteiger partial charge in [0.2, 0.25) is 6.79 Å². The van der Waals surface area contributed by atoms with Crippen molar-refractivity contribution in [2.24, 2.45) is 0 Å². The lowest BCUT2D eigenvalue weighted by Gasteiger charge is -2.28. The van der Waals surface area contributed by atoms with Gasteiger partial charge in [0, 0.05) is 49.1 Å². The van der Waals surface area contributed by atoms with Crippen molar-refractivity contribution >= 4 is 12.2 Å². The highest BCUT2D eigenvalue weighted by atomic mass is 32.1. The largest absolute Gasteiger partial charge is 0.454 e. The van der Waals surface area contributed by atoms with Crippen LogP contribution in [-0.4, -0.2) is 28.2 Å². The average molecular weight is 301 g/mol. The summed E-state index contributed by atoms with van der Waals surface area (Å²) < 4.78 is 11.6. The first-order valence-corrected chi connectivity index (χ1v) is 7.37. The summed E-state index contributed by atoms with van der Waals surface area (Å²) in [6.07, 6.45) is 2.85. The van der Waals surface area contributed by atoms with Crippen molar-refractivity contribution in [1.29, 1.82) is 0 Å². The molecule has 0 aliphatic carbocycles. The number of para-hydroxylation sites is 1. The Kier molecular flexibility index (Phi) is 3.12. The predicted molar refractivity (Wildman–Crippen MR) is 79.8 cm³/mol. The molecular weight excluding hydrogens is 286 g/mol. The molecule has 2 aliphatic rings. The molecule has 0 radical (unpaired) electrons. The summed E-state index contributed by atoms with van der Waals surface area (Å²) in [6.45, 7) is 3.03. The Morgan fingerprint density at radius 1 is 1.33 bits per heavy atom. The van der Waals surface area contributed by atoms with Crippen molar-refractivity contribution < 1.29 is 9.47 Å². The Bertz CT molecular complexity index is 744. The molecule has 1 aromatic carbocycles. The summed E-state index contributed by atoms with van der Waals surface area (Å²) in [5.41, 5.74) is 3.61. The molecule has 0 saturated heterocycles. The number of aromatic nitrogens is 2. The average Bonchev–Trinajstić information content (AvgIpc) is 2.97. The zero-order chi connectivity index (χ0) is 14.2. The van der Waals surface area contributed by atoms with Gasteiger partial charge in [0.25, 0.3) is 0 Å². The number of fused-ring (bicyclic) bond motifs is 2. The van der Waals surface area contributed by atoms with E-state index in [1.165, 1.54) is 16.8 Å². The van der Waals surface area contributed by atoms with Gasteiger partial charge in [0.1, 0.15) is 0 Å². The molecule has 6 heteroatoms. The highest BCUT2D eigenvalue weighted by Crippen LogP contribution is 2.36. The number of nitrogens with zero attached hydrogens (tertiary/aromatic N) is 2. The zero-order valence-corrected chi connectivity index (χ0v) is 12.3. The molecule has 1 N–H and O–H groups in total. The summed E-state index contributed by atoms with van der Waals surface area (Å²) in [5, 5.41) is 0. The monoisotopic (exact) mass is 301 g/mol. The van der Waals surface area contributed by atoms with Crippen molar-refractivity contribution in [3.05, 3.63) is 46.0 Å². The molecule has 0 saturated carbocycles. The second-order valence-corrected chi connectivity index (χ2v) is 5.69. The summed E-state index contributed by atoms with van der Waals surface area (Å²) in [5.74, 6) is 1.73. The summed E-state index contributed by atoms with van der Waals surface area (Å²) in [6, 6.07) is 6.06. The van der Waals surface area contributed by atoms with E-state index in [1.54, 1.807) is 0 Å². The first kappa shape index (κ1) is 12.8. The minimum absolute atomic E-state index is 0.315. The van der Waals surface area contributed by atoms with Crippen LogP contribution < -0.4 is 9.47 Å². The number of hydrogen-bond acceptors (Lipinski definition) is 5. The van der Waals surface area contributed by atoms with Crippen LogP contribution in [0.3, 0.4) is 0 Å². The normalized spacial score (nSPS) is 16.8. The summed E-state index contributed by atoms with van der Waals surface area (Å²) >= 11 is 5.08. The SMILES string of the molecule is S=c1ncc2c([nH]1)CCN(Cc1cccc3c1OCO3)C2. The summed E-state index contributed by atoms with van der Waals surface area (Å²) in [4.78, 5) is 9.75. The van der Waals surface area contributed by atoms with Gasteiger partial charge in [-0.3, -0.25) is 4.90 Å². The molecule has 21 heavy (non-hydrogen) atoms. The van der Waals surface area contributed by atoms with Crippen molar-refractivity contribution in [3.63, 3.8) is 0 Å². The molecule has 0 atom stereocenters. The lowest BCUT2D eigenvalue weighted by molar-refractivity contribution is 0.171. The molecule has 5 nitrogen and oxygen atoms in total. The molecular formula is C15H15N3O2S. The van der Waals surface area contributed by atoms with Gasteiger partial charge < -0.3 is 14.5 Å². The molecule has 0 amide bonds. The Morgan fingerprint density at radius 3 is 3.24 bits per heavy atom. The highest BCUT2D eigenvalue weighted by Gasteiger charge is 2.21. The van der Waals surface area contributed by atoms with Crippen molar-refractivity contribution in [2.45, 2.75) is 19.5 Å². The Balaban J connectivity index is 1.56. The fourth-order valence-electron chi connectivity index (χ4n) is 2.90. The van der Waals surface area contributed by atoms with E-state index in [2.05, 4.69) is 20.9 Å². The first-order valence-electron chi connectivity index (χ1n) is 6.96. The third kappa shape index (κ3) is 2.41. The van der Waals surface area contributed by atoms with Crippen LogP contribution in [0.15, 0.2) is 24.4 Å². The Morgan fingerprint density at radius 2 is 2.29 bits per heavy atom. The molecule has 0 unspecified atom stereocenters. The molecule has 2 aromatic rings. The van der Waals surface area contributed by atoms with E-state index >= 15 is 0 Å². The maximum Gasteiger partial charge on any atom is 0.231 e. The number of rotatable bonds is 2. The highest BCUT2D eigenvalue weighted by molar-refractivity contribution is 7.71. The smallest absolute Gasteiger partial charge is 0.231 e. The number of nitrogens with one attached hydrogen (secondary N) is 1. The third-order valence-corrected chi connectivity index (χ3v) is 4.13. The fourth-order valence-corrected chi connectivity index (χ4v) is 3.07. The summed E-state index contributed by atoms with van der Waals surface area (Å²) in [7, 11) is 0. The Labute approximate surface area is 127 Å². The number of H-pyrrole nitrogens is 1. The van der Waals surface area contributed by atoms with Crippen LogP contribution in [0.25, 0.3) is 0 Å². The van der Waals surface area contributed by atoms with Crippen LogP contribution in [-0.2, 0) is 19.5 Å². The van der Waals surface area contributed by atoms with E-state index in [0.29, 0.717) is 11.6 Å². The molecule has 0 fully saturated rings. The zero-order valence-electron chi connectivity index (χ0n) is 11.5. The second kappa shape index (κ2) is 5.13. The van der Waals surface area contributed by atoms with Crippen LogP contribution in [0.4, 0.5) is 0 Å². The Hall–Kier alpha value is -1.92. The maximum atomic E-state index is 5.58. The van der Waals surface area contributed by atoms with Crippen molar-refractivity contribution in [1.82, 2.24) is 14.9 Å². The number of aromatic amines is 1. The fraction of sp³-hybridized carbons (Fsp3) is 0.333. The number of benzene rings is 1. The minimum Gasteiger partial charge on any atom is -0.454 e. The molecule has 1 aromatic heterocycles. The topological polar surface area (TPSA) is 50.4 Å². The van der Waals surface area contributed by atoms with Gasteiger partial charge in [-0.2, -0.15) is 0 Å². The van der Waals surface area contributed by atoms with Crippen LogP contribution in [0, 0.1) is 4.77 Å². The van der Waals surface area contributed by atoms with Crippen LogP contribution in [0.2, 0.25) is 0 Å². The lowest BCUT2D eigenvalue weighted by atomic mass is 10.1. The molecule has 0 bridgehead atoms. The van der Waals surface area contributed by atoms with E-state index in [-0.39, 0.29) is 0 Å². The van der Waals surface area contributed by atoms with Gasteiger partial charge in [-0.15, -0.1) is 0 Å². The molecule has 0 spiro atoms. The first-order chi connectivity index (χ1) is 10.3. The predicted octanol–water partition coefficient (Wildman–Crippen LogP) is 2.43. The molecule has 108 valence electrons. The van der Waals surface area contributed by atoms with Gasteiger partial charge in [0.05, 0.1) is 0 Å². The number of ether oxygens (including phenoxy) is 2. The van der Waals surface area contributed by atoms with Crippen LogP contribution >= 0.6 is 12.2 Å². The van der Waals surface area contributed by atoms with E-state index in [0.717, 1.165) is 37.6 Å². The number of hydrogen-bond donors (Lipinski definition) is 1. The van der Waals surface area contributed by atoms with Gasteiger partial charge in [-0.05, 0) is 18.3 Å². The van der Waals surface area contributed by atoms with Gasteiger partial charge >= 0.3 is 0 Å². The van der Waals surface area contributed by atoms with Crippen molar-refractivity contribution in [2.75, 3.05) is 13.3 Å². The minimum atomic E-state index is 0.315. The van der Waals surface area contributed by atoms with E-state index < -0.39 is 0 Å². The standard InChI is InChI=1S/C15H15N3O2S/c21-15-16-6-11-8-18(5-4-12(11)17-15)7-10-2-1-3-13-14(10)20-9-19-13/h1-3,6H,4-5,7-9H2,(H,16,17,21). The molecule has 2 aliphatic heterocycles. The van der Waals surface area contributed by atoms with Gasteiger partial charge in [-0.1, -0.05) is 12.1 Å².